The van der Waals surface area contributed by atoms with Crippen molar-refractivity contribution >= 4 is 39.5 Å². The van der Waals surface area contributed by atoms with E-state index in [1.54, 1.807) is 17.4 Å². The number of aromatic nitrogens is 6. The van der Waals surface area contributed by atoms with Crippen LogP contribution in [-0.2, 0) is 7.05 Å². The smallest absolute Gasteiger partial charge is 0.258 e. The molecule has 188 valence electrons. The highest BCUT2D eigenvalue weighted by molar-refractivity contribution is 5.87. The van der Waals surface area contributed by atoms with Gasteiger partial charge in [-0.15, -0.1) is 0 Å². The fourth-order valence-electron chi connectivity index (χ4n) is 4.66. The number of imidazole rings is 1. The van der Waals surface area contributed by atoms with Gasteiger partial charge in [-0.1, -0.05) is 0 Å². The Balaban J connectivity index is 1.26. The van der Waals surface area contributed by atoms with Gasteiger partial charge >= 0.3 is 0 Å². The van der Waals surface area contributed by atoms with Crippen molar-refractivity contribution < 1.29 is 13.5 Å². The van der Waals surface area contributed by atoms with Gasteiger partial charge in [0.05, 0.1) is 29.6 Å². The fourth-order valence-corrected chi connectivity index (χ4v) is 4.66. The predicted octanol–water partition coefficient (Wildman–Crippen LogP) is 5.38. The van der Waals surface area contributed by atoms with Crippen molar-refractivity contribution in [3.63, 3.8) is 0 Å². The summed E-state index contributed by atoms with van der Waals surface area (Å²) in [5, 5.41) is 3.28. The van der Waals surface area contributed by atoms with Crippen LogP contribution in [-0.4, -0.2) is 48.5 Å². The van der Waals surface area contributed by atoms with E-state index in [9.17, 15) is 8.78 Å². The van der Waals surface area contributed by atoms with Gasteiger partial charge in [0.25, 0.3) is 6.43 Å². The minimum absolute atomic E-state index is 0.262. The molecule has 1 atom stereocenters. The van der Waals surface area contributed by atoms with Crippen LogP contribution in [0.4, 0.5) is 26.2 Å². The van der Waals surface area contributed by atoms with Crippen LogP contribution in [0.3, 0.4) is 0 Å². The zero-order valence-electron chi connectivity index (χ0n) is 20.3. The van der Waals surface area contributed by atoms with E-state index in [1.807, 2.05) is 54.9 Å². The average Bonchev–Trinajstić information content (AvgIpc) is 3.53. The molecule has 0 saturated carbocycles. The van der Waals surface area contributed by atoms with Gasteiger partial charge in [0.1, 0.15) is 28.9 Å². The first-order valence-electron chi connectivity index (χ1n) is 12.0. The Hall–Kier alpha value is -4.41. The molecule has 11 heteroatoms. The molecule has 4 heterocycles. The maximum atomic E-state index is 13.5. The molecule has 1 aliphatic rings. The van der Waals surface area contributed by atoms with E-state index >= 15 is 0 Å². The minimum Gasteiger partial charge on any atom is -0.457 e. The Bertz CT molecular complexity index is 1600. The lowest BCUT2D eigenvalue weighted by Crippen LogP contribution is -2.36. The highest BCUT2D eigenvalue weighted by atomic mass is 19.3. The van der Waals surface area contributed by atoms with E-state index in [0.29, 0.717) is 47.7 Å². The van der Waals surface area contributed by atoms with Gasteiger partial charge in [0.2, 0.25) is 5.95 Å². The molecule has 0 aliphatic carbocycles. The number of alkyl halides is 2. The summed E-state index contributed by atoms with van der Waals surface area (Å²) < 4.78 is 35.0. The van der Waals surface area contributed by atoms with Crippen LogP contribution in [0.2, 0.25) is 0 Å². The summed E-state index contributed by atoms with van der Waals surface area (Å²) in [5.41, 5.74) is 4.57. The number of rotatable bonds is 6. The zero-order valence-corrected chi connectivity index (χ0v) is 20.3. The molecule has 9 nitrogen and oxygen atoms in total. The maximum absolute atomic E-state index is 13.5. The summed E-state index contributed by atoms with van der Waals surface area (Å²) in [5.74, 6) is 2.14. The number of halogens is 2. The third kappa shape index (κ3) is 4.37. The van der Waals surface area contributed by atoms with Gasteiger partial charge in [-0.05, 0) is 55.7 Å². The van der Waals surface area contributed by atoms with Gasteiger partial charge in [-0.2, -0.15) is 0 Å². The lowest BCUT2D eigenvalue weighted by Gasteiger charge is -2.24. The van der Waals surface area contributed by atoms with Gasteiger partial charge in [0, 0.05) is 25.3 Å². The number of aryl methyl sites for hydroxylation is 2. The molecule has 0 unspecified atom stereocenters. The molecule has 0 amide bonds. The first-order valence-corrected chi connectivity index (χ1v) is 12.0. The van der Waals surface area contributed by atoms with Gasteiger partial charge in [0.15, 0.2) is 5.82 Å². The van der Waals surface area contributed by atoms with Crippen LogP contribution in [0.1, 0.15) is 18.4 Å². The van der Waals surface area contributed by atoms with Crippen LogP contribution in [0.5, 0.6) is 11.5 Å². The number of nitrogens with one attached hydrogen (secondary N) is 1. The number of hydrogen-bond donors (Lipinski definition) is 1. The summed E-state index contributed by atoms with van der Waals surface area (Å²) >= 11 is 0. The second kappa shape index (κ2) is 9.23. The molecule has 1 aliphatic heterocycles. The average molecular weight is 503 g/mol. The quantitative estimate of drug-likeness (QED) is 0.331. The number of nitrogens with zero attached hydrogens (tertiary/aromatic N) is 7. The fraction of sp³-hybridized carbons (Fsp3) is 0.269. The lowest BCUT2D eigenvalue weighted by atomic mass is 10.2. The standard InChI is InChI=1S/C26H24F2N8O/c1-15-10-16(5-8-22(15)37-17-6-7-20-18(11-17)32-14-35(20)2)33-25-23-19(30-13-31-25)12-29-26(34-23)36-9-3-4-21(36)24(27)28/h5-8,10-14,21,24H,3-4,9H2,1-2H3,(H,30,31,33)/t21-/m1/s1. The highest BCUT2D eigenvalue weighted by Gasteiger charge is 2.33. The topological polar surface area (TPSA) is 93.9 Å². The van der Waals surface area contributed by atoms with E-state index in [0.717, 1.165) is 22.3 Å². The van der Waals surface area contributed by atoms with E-state index in [-0.39, 0.29) is 5.95 Å². The molecule has 37 heavy (non-hydrogen) atoms. The molecule has 2 aromatic carbocycles. The van der Waals surface area contributed by atoms with Crippen LogP contribution in [0, 0.1) is 6.92 Å². The Morgan fingerprint density at radius 3 is 2.78 bits per heavy atom. The van der Waals surface area contributed by atoms with Crippen LogP contribution < -0.4 is 15.0 Å². The molecule has 0 bridgehead atoms. The van der Waals surface area contributed by atoms with E-state index < -0.39 is 12.5 Å². The molecule has 6 rings (SSSR count). The second-order valence-electron chi connectivity index (χ2n) is 9.08. The second-order valence-corrected chi connectivity index (χ2v) is 9.08. The highest BCUT2D eigenvalue weighted by Crippen LogP contribution is 2.32. The molecular formula is C26H24F2N8O. The number of hydrogen-bond acceptors (Lipinski definition) is 8. The van der Waals surface area contributed by atoms with E-state index in [4.69, 9.17) is 4.74 Å². The normalized spacial score (nSPS) is 15.7. The molecule has 1 N–H and O–H groups in total. The largest absolute Gasteiger partial charge is 0.457 e. The van der Waals surface area contributed by atoms with Crippen molar-refractivity contribution in [2.24, 2.45) is 7.05 Å². The number of ether oxygens (including phenoxy) is 1. The Kier molecular flexibility index (Phi) is 5.74. The van der Waals surface area contributed by atoms with Crippen molar-refractivity contribution in [2.45, 2.75) is 32.2 Å². The van der Waals surface area contributed by atoms with E-state index in [1.165, 1.54) is 6.33 Å². The molecular weight excluding hydrogens is 478 g/mol. The maximum Gasteiger partial charge on any atom is 0.258 e. The van der Waals surface area contributed by atoms with Crippen molar-refractivity contribution in [2.75, 3.05) is 16.8 Å². The van der Waals surface area contributed by atoms with Crippen LogP contribution >= 0.6 is 0 Å². The first-order chi connectivity index (χ1) is 18.0. The van der Waals surface area contributed by atoms with E-state index in [2.05, 4.69) is 30.2 Å². The molecule has 1 saturated heterocycles. The molecule has 5 aromatic rings. The van der Waals surface area contributed by atoms with Crippen molar-refractivity contribution in [1.82, 2.24) is 29.5 Å². The van der Waals surface area contributed by atoms with Gasteiger partial charge in [-0.3, -0.25) is 0 Å². The number of benzene rings is 2. The summed E-state index contributed by atoms with van der Waals surface area (Å²) in [6, 6.07) is 10.6. The van der Waals surface area contributed by atoms with Crippen LogP contribution in [0.25, 0.3) is 22.1 Å². The summed E-state index contributed by atoms with van der Waals surface area (Å²) in [6.45, 7) is 2.45. The van der Waals surface area contributed by atoms with Crippen molar-refractivity contribution in [1.29, 1.82) is 0 Å². The summed E-state index contributed by atoms with van der Waals surface area (Å²) in [7, 11) is 1.95. The molecule has 3 aromatic heterocycles. The van der Waals surface area contributed by atoms with Crippen molar-refractivity contribution in [3.05, 3.63) is 60.8 Å². The monoisotopic (exact) mass is 502 g/mol. The van der Waals surface area contributed by atoms with Gasteiger partial charge in [-0.25, -0.2) is 33.7 Å². The molecule has 0 radical (unpaired) electrons. The predicted molar refractivity (Wildman–Crippen MR) is 137 cm³/mol. The van der Waals surface area contributed by atoms with Gasteiger partial charge < -0.3 is 19.5 Å². The minimum atomic E-state index is -2.46. The molecule has 1 fully saturated rings. The molecule has 0 spiro atoms. The van der Waals surface area contributed by atoms with Crippen LogP contribution in [0.15, 0.2) is 55.2 Å². The first kappa shape index (κ1) is 23.0. The Morgan fingerprint density at radius 2 is 1.95 bits per heavy atom. The Morgan fingerprint density at radius 1 is 1.05 bits per heavy atom. The zero-order chi connectivity index (χ0) is 25.5. The third-order valence-electron chi connectivity index (χ3n) is 6.57. The summed E-state index contributed by atoms with van der Waals surface area (Å²) in [4.78, 5) is 23.4. The Labute approximate surface area is 211 Å². The number of anilines is 3. The SMILES string of the molecule is Cc1cc(Nc2ncnc3cnc(N4CCC[C@@H]4C(F)F)nc23)ccc1Oc1ccc2c(c1)ncn2C. The van der Waals surface area contributed by atoms with Crippen molar-refractivity contribution in [3.8, 4) is 11.5 Å². The third-order valence-corrected chi connectivity index (χ3v) is 6.57. The lowest BCUT2D eigenvalue weighted by molar-refractivity contribution is 0.117. The number of fused-ring (bicyclic) bond motifs is 2. The summed E-state index contributed by atoms with van der Waals surface area (Å²) in [6.07, 6.45) is 3.37.